The minimum atomic E-state index is -1.32. The van der Waals surface area contributed by atoms with Gasteiger partial charge in [0.25, 0.3) is 16.7 Å². The number of pyridine rings is 1. The van der Waals surface area contributed by atoms with Gasteiger partial charge >= 0.3 is 0 Å². The highest BCUT2D eigenvalue weighted by atomic mass is 32.1. The molecule has 0 aliphatic carbocycles. The lowest BCUT2D eigenvalue weighted by molar-refractivity contribution is -0.924. The van der Waals surface area contributed by atoms with Crippen LogP contribution in [0, 0.1) is 15.5 Å². The molecule has 2 bridgehead atoms. The van der Waals surface area contributed by atoms with Crippen LogP contribution in [-0.2, 0) is 26.2 Å². The number of methoxy groups -OCH3 is 1. The summed E-state index contributed by atoms with van der Waals surface area (Å²) in [5, 5.41) is 25.5. The third-order valence-corrected chi connectivity index (χ3v) is 9.99. The molecule has 4 atom stereocenters. The molecule has 4 aromatic rings. The summed E-state index contributed by atoms with van der Waals surface area (Å²) in [5.74, 6) is -1.40. The second kappa shape index (κ2) is 13.4. The zero-order valence-electron chi connectivity index (χ0n) is 26.4. The Balaban J connectivity index is 1.51. The van der Waals surface area contributed by atoms with Crippen LogP contribution in [0.4, 0.5) is 0 Å². The molecule has 5 heterocycles. The number of piperidine rings is 1. The van der Waals surface area contributed by atoms with Gasteiger partial charge in [-0.15, -0.1) is 13.2 Å². The van der Waals surface area contributed by atoms with Crippen LogP contribution in [-0.4, -0.2) is 49.0 Å². The number of aromatic amines is 2. The Bertz CT molecular complexity index is 2140. The highest BCUT2D eigenvalue weighted by molar-refractivity contribution is 7.71. The number of benzene rings is 1. The lowest BCUT2D eigenvalue weighted by Crippen LogP contribution is -3.13. The van der Waals surface area contributed by atoms with Crippen LogP contribution < -0.4 is 31.4 Å². The van der Waals surface area contributed by atoms with E-state index in [-0.39, 0.29) is 45.2 Å². The molecule has 0 amide bonds. The van der Waals surface area contributed by atoms with Crippen molar-refractivity contribution in [2.75, 3.05) is 20.2 Å². The molecule has 12 nitrogen and oxygen atoms in total. The Labute approximate surface area is 285 Å². The van der Waals surface area contributed by atoms with E-state index >= 15 is 0 Å². The molecule has 1 aromatic carbocycles. The van der Waals surface area contributed by atoms with Crippen molar-refractivity contribution in [1.82, 2.24) is 23.7 Å². The molecular weight excluding hydrogens is 653 g/mol. The van der Waals surface area contributed by atoms with Crippen LogP contribution in [0.2, 0.25) is 0 Å². The predicted molar refractivity (Wildman–Crippen MR) is 183 cm³/mol. The van der Waals surface area contributed by atoms with Gasteiger partial charge in [-0.05, 0) is 60.5 Å². The van der Waals surface area contributed by atoms with E-state index < -0.39 is 28.8 Å². The highest BCUT2D eigenvalue weighted by Crippen LogP contribution is 2.38. The maximum atomic E-state index is 14.0. The van der Waals surface area contributed by atoms with Gasteiger partial charge in [-0.2, -0.15) is 0 Å². The number of rotatable bonds is 10. The summed E-state index contributed by atoms with van der Waals surface area (Å²) < 4.78 is 9.97. The Hall–Kier alpha value is -4.79. The van der Waals surface area contributed by atoms with E-state index in [0.29, 0.717) is 30.3 Å². The SMILES string of the molecule is C=CCn1c([O-])c(C(c2ccc(OC)c(C[NH+]3C[C@@H]4C[C@H](C3)c3cccc(=O)n3C4)c2)c2c(O)n(CC=C)c(=S)[nH]c2=O)c(=O)[nH]c1=S. The van der Waals surface area contributed by atoms with E-state index in [1.165, 1.54) is 26.2 Å². The number of allylic oxidation sites excluding steroid dienone is 2. The highest BCUT2D eigenvalue weighted by Gasteiger charge is 2.38. The zero-order chi connectivity index (χ0) is 34.3. The number of hydrogen-bond donors (Lipinski definition) is 4. The number of ether oxygens (including phenoxy) is 1. The number of aromatic hydroxyl groups is 1. The summed E-state index contributed by atoms with van der Waals surface area (Å²) in [6.07, 6.45) is 3.98. The molecule has 4 N–H and O–H groups in total. The number of aromatic nitrogens is 5. The fourth-order valence-electron chi connectivity index (χ4n) is 7.38. The average molecular weight is 689 g/mol. The number of nitrogens with one attached hydrogen (secondary N) is 3. The summed E-state index contributed by atoms with van der Waals surface area (Å²) in [4.78, 5) is 46.2. The first-order chi connectivity index (χ1) is 23.1. The van der Waals surface area contributed by atoms with Crippen molar-refractivity contribution in [3.8, 4) is 17.5 Å². The number of fused-ring (bicyclic) bond motifs is 4. The summed E-state index contributed by atoms with van der Waals surface area (Å²) in [6.45, 7) is 10.3. The van der Waals surface area contributed by atoms with Crippen LogP contribution in [0.5, 0.6) is 17.5 Å². The molecule has 2 aliphatic heterocycles. The van der Waals surface area contributed by atoms with E-state index in [4.69, 9.17) is 29.2 Å². The number of quaternary nitrogens is 1. The van der Waals surface area contributed by atoms with E-state index in [0.717, 1.165) is 30.8 Å². The Kier molecular flexibility index (Phi) is 9.23. The summed E-state index contributed by atoms with van der Waals surface area (Å²) >= 11 is 10.6. The van der Waals surface area contributed by atoms with Crippen LogP contribution >= 0.6 is 24.4 Å². The van der Waals surface area contributed by atoms with Gasteiger partial charge in [0.05, 0.1) is 31.7 Å². The van der Waals surface area contributed by atoms with Crippen molar-refractivity contribution < 1.29 is 19.8 Å². The van der Waals surface area contributed by atoms with E-state index in [9.17, 15) is 24.6 Å². The Morgan fingerprint density at radius 3 is 2.44 bits per heavy atom. The average Bonchev–Trinajstić information content (AvgIpc) is 3.04. The van der Waals surface area contributed by atoms with Gasteiger partial charge < -0.3 is 29.0 Å². The van der Waals surface area contributed by atoms with Gasteiger partial charge in [-0.25, -0.2) is 0 Å². The smallest absolute Gasteiger partial charge is 0.259 e. The second-order valence-corrected chi connectivity index (χ2v) is 13.1. The van der Waals surface area contributed by atoms with Gasteiger partial charge in [-0.1, -0.05) is 24.3 Å². The lowest BCUT2D eigenvalue weighted by Gasteiger charge is -2.40. The topological polar surface area (TPSA) is 155 Å². The number of likely N-dealkylation sites (tertiary alicyclic amines) is 1. The molecule has 1 saturated heterocycles. The minimum absolute atomic E-state index is 0.0157. The normalized spacial score (nSPS) is 18.9. The summed E-state index contributed by atoms with van der Waals surface area (Å²) in [7, 11) is 1.57. The fourth-order valence-corrected chi connectivity index (χ4v) is 7.88. The molecule has 0 spiro atoms. The molecule has 0 saturated carbocycles. The van der Waals surface area contributed by atoms with Crippen molar-refractivity contribution >= 4 is 24.4 Å². The maximum absolute atomic E-state index is 14.0. The van der Waals surface area contributed by atoms with Gasteiger partial charge in [0.15, 0.2) is 9.54 Å². The summed E-state index contributed by atoms with van der Waals surface area (Å²) in [6, 6.07) is 10.7. The van der Waals surface area contributed by atoms with Crippen LogP contribution in [0.15, 0.2) is 76.1 Å². The van der Waals surface area contributed by atoms with Gasteiger partial charge in [-0.3, -0.25) is 28.9 Å². The van der Waals surface area contributed by atoms with E-state index in [1.54, 1.807) is 25.3 Å². The van der Waals surface area contributed by atoms with Crippen molar-refractivity contribution in [3.05, 3.63) is 130 Å². The fraction of sp³-hybridized carbons (Fsp3) is 0.324. The third-order valence-electron chi connectivity index (χ3n) is 9.34. The second-order valence-electron chi connectivity index (χ2n) is 12.3. The molecule has 6 rings (SSSR count). The van der Waals surface area contributed by atoms with E-state index in [2.05, 4.69) is 23.1 Å². The molecule has 14 heteroatoms. The van der Waals surface area contributed by atoms with Gasteiger partial charge in [0, 0.05) is 54.4 Å². The number of H-pyrrole nitrogens is 2. The molecule has 2 aliphatic rings. The summed E-state index contributed by atoms with van der Waals surface area (Å²) in [5.41, 5.74) is 0.205. The molecule has 2 unspecified atom stereocenters. The first-order valence-electron chi connectivity index (χ1n) is 15.6. The molecule has 48 heavy (non-hydrogen) atoms. The number of hydrogen-bond acceptors (Lipinski definition) is 8. The monoisotopic (exact) mass is 688 g/mol. The van der Waals surface area contributed by atoms with E-state index in [1.807, 2.05) is 22.8 Å². The first kappa shape index (κ1) is 33.1. The van der Waals surface area contributed by atoms with Gasteiger partial charge in [0.1, 0.15) is 12.3 Å². The predicted octanol–water partition coefficient (Wildman–Crippen LogP) is 1.83. The molecule has 250 valence electrons. The third kappa shape index (κ3) is 5.91. The lowest BCUT2D eigenvalue weighted by atomic mass is 9.82. The largest absolute Gasteiger partial charge is 0.860 e. The Morgan fingerprint density at radius 2 is 1.73 bits per heavy atom. The molecular formula is C34H36N6O6S2. The molecule has 0 radical (unpaired) electrons. The van der Waals surface area contributed by atoms with Crippen molar-refractivity contribution in [2.24, 2.45) is 5.92 Å². The van der Waals surface area contributed by atoms with Crippen LogP contribution in [0.1, 0.15) is 46.2 Å². The standard InChI is InChI=1S/C34H36N6O6S2/c1-4-11-38-31(44)27(29(42)35-33(38)47)26(28-30(43)36-34(48)39(12-5-2)32(28)45)20-9-10-24(46-3)22(14-20)18-37-15-19-13-21(17-37)23-7-6-8-25(41)40(23)16-19/h4-10,14,19,21,26,44-45H,1-2,11-13,15-18H2,3H3,(H,35,42,47)(H,36,43,48)/t19-,21+/m0/s1. The minimum Gasteiger partial charge on any atom is -0.860 e. The number of nitrogens with zero attached hydrogens (tertiary/aromatic N) is 3. The van der Waals surface area contributed by atoms with Crippen molar-refractivity contribution in [1.29, 1.82) is 0 Å². The zero-order valence-corrected chi connectivity index (χ0v) is 28.0. The molecule has 3 aromatic heterocycles. The Morgan fingerprint density at radius 1 is 1.04 bits per heavy atom. The first-order valence-corrected chi connectivity index (χ1v) is 16.4. The van der Waals surface area contributed by atoms with Crippen molar-refractivity contribution in [3.63, 3.8) is 0 Å². The van der Waals surface area contributed by atoms with Crippen LogP contribution in [0.25, 0.3) is 0 Å². The van der Waals surface area contributed by atoms with Crippen molar-refractivity contribution in [2.45, 2.75) is 44.4 Å². The maximum Gasteiger partial charge on any atom is 0.259 e. The van der Waals surface area contributed by atoms with Crippen LogP contribution in [0.3, 0.4) is 0 Å². The quantitative estimate of drug-likeness (QED) is 0.145. The molecule has 1 fully saturated rings. The van der Waals surface area contributed by atoms with Gasteiger partial charge in [0.2, 0.25) is 5.88 Å².